The van der Waals surface area contributed by atoms with Crippen molar-refractivity contribution in [3.63, 3.8) is 0 Å². The van der Waals surface area contributed by atoms with Gasteiger partial charge in [0.15, 0.2) is 0 Å². The zero-order chi connectivity index (χ0) is 21.7. The van der Waals surface area contributed by atoms with Crippen LogP contribution in [-0.2, 0) is 11.3 Å². The number of hydrogen-bond acceptors (Lipinski definition) is 4. The molecule has 0 saturated carbocycles. The minimum atomic E-state index is -0.384. The van der Waals surface area contributed by atoms with Crippen molar-refractivity contribution in [1.29, 1.82) is 0 Å². The Kier molecular flexibility index (Phi) is 7.39. The Morgan fingerprint density at radius 2 is 2.00 bits per heavy atom. The fraction of sp³-hybridized carbons (Fsp3) is 0.348. The van der Waals surface area contributed by atoms with Gasteiger partial charge in [-0.25, -0.2) is 4.98 Å². The second-order valence-electron chi connectivity index (χ2n) is 7.07. The number of rotatable bonds is 8. The molecule has 1 heterocycles. The first kappa shape index (κ1) is 22.2. The normalized spacial score (nSPS) is 12.1. The highest BCUT2D eigenvalue weighted by Crippen LogP contribution is 2.23. The van der Waals surface area contributed by atoms with Crippen molar-refractivity contribution < 1.29 is 9.53 Å². The molecule has 7 heteroatoms. The van der Waals surface area contributed by atoms with Crippen molar-refractivity contribution in [1.82, 2.24) is 14.5 Å². The molecule has 3 aromatic rings. The maximum absolute atomic E-state index is 13.4. The summed E-state index contributed by atoms with van der Waals surface area (Å²) in [4.78, 5) is 33.0. The van der Waals surface area contributed by atoms with E-state index in [9.17, 15) is 9.59 Å². The molecule has 0 aliphatic rings. The molecule has 0 radical (unpaired) electrons. The molecular weight excluding hydrogens is 446 g/mol. The molecule has 0 fully saturated rings. The highest BCUT2D eigenvalue weighted by Gasteiger charge is 2.26. The van der Waals surface area contributed by atoms with Crippen molar-refractivity contribution in [2.75, 3.05) is 20.3 Å². The Bertz CT molecular complexity index is 1100. The summed E-state index contributed by atoms with van der Waals surface area (Å²) in [5.74, 6) is 0.479. The summed E-state index contributed by atoms with van der Waals surface area (Å²) in [7, 11) is 1.64. The molecule has 0 aliphatic carbocycles. The highest BCUT2D eigenvalue weighted by molar-refractivity contribution is 9.10. The van der Waals surface area contributed by atoms with Crippen molar-refractivity contribution in [3.8, 4) is 0 Å². The topological polar surface area (TPSA) is 64.4 Å². The van der Waals surface area contributed by atoms with Gasteiger partial charge in [0, 0.05) is 36.8 Å². The monoisotopic (exact) mass is 471 g/mol. The SMILES string of the molecule is CCn1c(C(C)N(CCCOC)C(=O)c2cccc(Br)c2)nc2ccccc2c1=O. The van der Waals surface area contributed by atoms with Crippen LogP contribution in [0.5, 0.6) is 0 Å². The zero-order valence-electron chi connectivity index (χ0n) is 17.5. The van der Waals surface area contributed by atoms with Gasteiger partial charge < -0.3 is 9.64 Å². The molecule has 3 rings (SSSR count). The van der Waals surface area contributed by atoms with E-state index >= 15 is 0 Å². The molecule has 0 saturated heterocycles. The maximum atomic E-state index is 13.4. The summed E-state index contributed by atoms with van der Waals surface area (Å²) < 4.78 is 7.68. The summed E-state index contributed by atoms with van der Waals surface area (Å²) in [5, 5.41) is 0.583. The number of aromatic nitrogens is 2. The van der Waals surface area contributed by atoms with Crippen LogP contribution in [0.4, 0.5) is 0 Å². The highest BCUT2D eigenvalue weighted by atomic mass is 79.9. The minimum absolute atomic E-state index is 0.0864. The fourth-order valence-corrected chi connectivity index (χ4v) is 3.99. The Hall–Kier alpha value is -2.51. The number of methoxy groups -OCH3 is 1. The van der Waals surface area contributed by atoms with Crippen LogP contribution in [-0.4, -0.2) is 40.6 Å². The maximum Gasteiger partial charge on any atom is 0.261 e. The predicted octanol–water partition coefficient (Wildman–Crippen LogP) is 4.42. The fourth-order valence-electron chi connectivity index (χ4n) is 3.59. The van der Waals surface area contributed by atoms with Crippen LogP contribution in [0.25, 0.3) is 10.9 Å². The molecule has 1 atom stereocenters. The third-order valence-electron chi connectivity index (χ3n) is 5.13. The van der Waals surface area contributed by atoms with E-state index in [-0.39, 0.29) is 17.5 Å². The van der Waals surface area contributed by atoms with Gasteiger partial charge in [0.1, 0.15) is 5.82 Å². The summed E-state index contributed by atoms with van der Waals surface area (Å²) in [5.41, 5.74) is 1.14. The lowest BCUT2D eigenvalue weighted by atomic mass is 10.1. The van der Waals surface area contributed by atoms with Gasteiger partial charge in [-0.05, 0) is 50.6 Å². The Morgan fingerprint density at radius 3 is 2.70 bits per heavy atom. The molecule has 0 bridgehead atoms. The number of fused-ring (bicyclic) bond motifs is 1. The molecular formula is C23H26BrN3O3. The number of carbonyl (C=O) groups excluding carboxylic acids is 1. The van der Waals surface area contributed by atoms with Gasteiger partial charge in [-0.3, -0.25) is 14.2 Å². The van der Waals surface area contributed by atoms with E-state index in [1.165, 1.54) is 0 Å². The van der Waals surface area contributed by atoms with Crippen LogP contribution >= 0.6 is 15.9 Å². The average Bonchev–Trinajstić information content (AvgIpc) is 2.76. The first-order chi connectivity index (χ1) is 14.5. The molecule has 1 unspecified atom stereocenters. The lowest BCUT2D eigenvalue weighted by Crippen LogP contribution is -2.38. The number of amides is 1. The van der Waals surface area contributed by atoms with E-state index in [1.54, 1.807) is 34.8 Å². The molecule has 30 heavy (non-hydrogen) atoms. The van der Waals surface area contributed by atoms with Crippen LogP contribution in [0.1, 0.15) is 42.5 Å². The van der Waals surface area contributed by atoms with Gasteiger partial charge in [0.05, 0.1) is 16.9 Å². The number of hydrogen-bond donors (Lipinski definition) is 0. The van der Waals surface area contributed by atoms with Crippen molar-refractivity contribution in [3.05, 3.63) is 74.7 Å². The first-order valence-electron chi connectivity index (χ1n) is 10.0. The number of halogens is 1. The standard InChI is InChI=1S/C23H26BrN3O3/c1-4-26-21(25-20-12-6-5-11-19(20)23(26)29)16(2)27(13-8-14-30-3)22(28)17-9-7-10-18(24)15-17/h5-7,9-12,15-16H,4,8,13-14H2,1-3H3. The number of nitrogens with zero attached hydrogens (tertiary/aromatic N) is 3. The van der Waals surface area contributed by atoms with Gasteiger partial charge in [0.25, 0.3) is 11.5 Å². The van der Waals surface area contributed by atoms with E-state index in [4.69, 9.17) is 9.72 Å². The lowest BCUT2D eigenvalue weighted by molar-refractivity contribution is 0.0655. The smallest absolute Gasteiger partial charge is 0.261 e. The number of carbonyl (C=O) groups is 1. The molecule has 158 valence electrons. The van der Waals surface area contributed by atoms with Crippen molar-refractivity contribution in [2.24, 2.45) is 0 Å². The number of benzene rings is 2. The van der Waals surface area contributed by atoms with Gasteiger partial charge in [-0.15, -0.1) is 0 Å². The van der Waals surface area contributed by atoms with Crippen LogP contribution in [0.2, 0.25) is 0 Å². The third-order valence-corrected chi connectivity index (χ3v) is 5.62. The summed E-state index contributed by atoms with van der Waals surface area (Å²) in [6.07, 6.45) is 0.685. The number of para-hydroxylation sites is 1. The zero-order valence-corrected chi connectivity index (χ0v) is 19.1. The Balaban J connectivity index is 2.07. The quantitative estimate of drug-likeness (QED) is 0.456. The van der Waals surface area contributed by atoms with Crippen LogP contribution in [0.15, 0.2) is 57.8 Å². The van der Waals surface area contributed by atoms with E-state index in [0.717, 1.165) is 4.47 Å². The second-order valence-corrected chi connectivity index (χ2v) is 7.98. The van der Waals surface area contributed by atoms with E-state index in [2.05, 4.69) is 15.9 Å². The van der Waals surface area contributed by atoms with Crippen LogP contribution in [0.3, 0.4) is 0 Å². The second kappa shape index (κ2) is 10.00. The van der Waals surface area contributed by atoms with Gasteiger partial charge >= 0.3 is 0 Å². The average molecular weight is 472 g/mol. The van der Waals surface area contributed by atoms with Gasteiger partial charge in [0.2, 0.25) is 0 Å². The van der Waals surface area contributed by atoms with Crippen molar-refractivity contribution >= 4 is 32.7 Å². The van der Waals surface area contributed by atoms with Gasteiger partial charge in [-0.2, -0.15) is 0 Å². The summed E-state index contributed by atoms with van der Waals surface area (Å²) >= 11 is 3.44. The molecule has 1 aromatic heterocycles. The molecule has 2 aromatic carbocycles. The van der Waals surface area contributed by atoms with Crippen LogP contribution in [0, 0.1) is 0 Å². The van der Waals surface area contributed by atoms with Crippen LogP contribution < -0.4 is 5.56 Å². The van der Waals surface area contributed by atoms with E-state index in [0.29, 0.717) is 48.4 Å². The lowest BCUT2D eigenvalue weighted by Gasteiger charge is -2.30. The first-order valence-corrected chi connectivity index (χ1v) is 10.8. The minimum Gasteiger partial charge on any atom is -0.385 e. The molecule has 6 nitrogen and oxygen atoms in total. The Morgan fingerprint density at radius 1 is 1.23 bits per heavy atom. The molecule has 0 N–H and O–H groups in total. The largest absolute Gasteiger partial charge is 0.385 e. The van der Waals surface area contributed by atoms with E-state index in [1.807, 2.05) is 44.2 Å². The van der Waals surface area contributed by atoms with E-state index < -0.39 is 0 Å². The molecule has 1 amide bonds. The van der Waals surface area contributed by atoms with Crippen molar-refractivity contribution in [2.45, 2.75) is 32.9 Å². The number of ether oxygens (including phenoxy) is 1. The summed E-state index contributed by atoms with van der Waals surface area (Å²) in [6, 6.07) is 14.3. The Labute approximate surface area is 184 Å². The summed E-state index contributed by atoms with van der Waals surface area (Å²) in [6.45, 7) is 5.35. The molecule has 0 aliphatic heterocycles. The third kappa shape index (κ3) is 4.63. The predicted molar refractivity (Wildman–Crippen MR) is 122 cm³/mol. The molecule has 0 spiro atoms. The van der Waals surface area contributed by atoms with Gasteiger partial charge in [-0.1, -0.05) is 34.1 Å².